The van der Waals surface area contributed by atoms with Crippen molar-refractivity contribution in [1.82, 2.24) is 0 Å². The van der Waals surface area contributed by atoms with E-state index in [0.717, 1.165) is 17.3 Å². The van der Waals surface area contributed by atoms with Crippen LogP contribution < -0.4 is 4.90 Å². The predicted molar refractivity (Wildman–Crippen MR) is 64.7 cm³/mol. The van der Waals surface area contributed by atoms with Crippen molar-refractivity contribution < 1.29 is 9.90 Å². The molecule has 0 atom stereocenters. The molecule has 0 aliphatic rings. The van der Waals surface area contributed by atoms with E-state index in [1.165, 1.54) is 0 Å². The van der Waals surface area contributed by atoms with Crippen molar-refractivity contribution in [1.29, 1.82) is 0 Å². The highest BCUT2D eigenvalue weighted by atomic mass is 35.5. The van der Waals surface area contributed by atoms with Crippen LogP contribution in [0.4, 0.5) is 5.69 Å². The predicted octanol–water partition coefficient (Wildman–Crippen LogP) is 2.27. The van der Waals surface area contributed by atoms with Gasteiger partial charge in [-0.1, -0.05) is 12.1 Å². The number of carboxylic acid groups (broad SMARTS) is 1. The van der Waals surface area contributed by atoms with Gasteiger partial charge in [0.05, 0.1) is 0 Å². The first-order valence-electron chi connectivity index (χ1n) is 4.28. The van der Waals surface area contributed by atoms with Crippen LogP contribution in [-0.2, 0) is 4.79 Å². The van der Waals surface area contributed by atoms with Crippen LogP contribution in [0.1, 0.15) is 5.56 Å². The fraction of sp³-hybridized carbons (Fsp3) is 0.182. The van der Waals surface area contributed by atoms with Gasteiger partial charge in [-0.3, -0.25) is 0 Å². The standard InChI is InChI=1S/C11H13NO2.ClH/c1-12(2)10-6-3-9(4-7-10)5-8-11(13)14;/h3-8H,1-2H3,(H,13,14);1H. The number of hydrogen-bond acceptors (Lipinski definition) is 2. The molecule has 0 unspecified atom stereocenters. The van der Waals surface area contributed by atoms with Gasteiger partial charge < -0.3 is 10.0 Å². The van der Waals surface area contributed by atoms with E-state index in [0.29, 0.717) is 0 Å². The van der Waals surface area contributed by atoms with Gasteiger partial charge in [0.25, 0.3) is 0 Å². The van der Waals surface area contributed by atoms with E-state index >= 15 is 0 Å². The topological polar surface area (TPSA) is 40.5 Å². The van der Waals surface area contributed by atoms with Gasteiger partial charge in [0.15, 0.2) is 0 Å². The number of carboxylic acids is 1. The van der Waals surface area contributed by atoms with Gasteiger partial charge in [-0.05, 0) is 23.8 Å². The summed E-state index contributed by atoms with van der Waals surface area (Å²) in [5.74, 6) is -0.929. The minimum atomic E-state index is -0.929. The molecule has 0 heterocycles. The third-order valence-corrected chi connectivity index (χ3v) is 1.83. The third-order valence-electron chi connectivity index (χ3n) is 1.83. The van der Waals surface area contributed by atoms with Crippen LogP contribution in [0.25, 0.3) is 6.08 Å². The van der Waals surface area contributed by atoms with Gasteiger partial charge in [0, 0.05) is 25.9 Å². The molecule has 0 spiro atoms. The Morgan fingerprint density at radius 2 is 1.80 bits per heavy atom. The molecule has 1 rings (SSSR count). The molecule has 82 valence electrons. The maximum atomic E-state index is 10.3. The van der Waals surface area contributed by atoms with Gasteiger partial charge in [0.2, 0.25) is 0 Å². The summed E-state index contributed by atoms with van der Waals surface area (Å²) >= 11 is 0. The number of carbonyl (C=O) groups is 1. The van der Waals surface area contributed by atoms with Crippen molar-refractivity contribution in [3.8, 4) is 0 Å². The van der Waals surface area contributed by atoms with Crippen LogP contribution in [0.2, 0.25) is 0 Å². The second kappa shape index (κ2) is 6.09. The molecule has 1 aromatic carbocycles. The lowest BCUT2D eigenvalue weighted by Crippen LogP contribution is -2.07. The first kappa shape index (κ1) is 13.5. The highest BCUT2D eigenvalue weighted by Crippen LogP contribution is 2.12. The van der Waals surface area contributed by atoms with E-state index in [4.69, 9.17) is 5.11 Å². The summed E-state index contributed by atoms with van der Waals surface area (Å²) in [6.45, 7) is 0. The van der Waals surface area contributed by atoms with Crippen molar-refractivity contribution in [2.45, 2.75) is 0 Å². The average Bonchev–Trinajstić information content (AvgIpc) is 2.15. The minimum absolute atomic E-state index is 0. The van der Waals surface area contributed by atoms with Crippen LogP contribution in [0.3, 0.4) is 0 Å². The normalized spacial score (nSPS) is 9.73. The summed E-state index contributed by atoms with van der Waals surface area (Å²) in [6.07, 6.45) is 2.70. The molecule has 0 saturated carbocycles. The molecular weight excluding hydrogens is 214 g/mol. The zero-order valence-corrected chi connectivity index (χ0v) is 9.49. The van der Waals surface area contributed by atoms with E-state index in [1.54, 1.807) is 6.08 Å². The molecule has 15 heavy (non-hydrogen) atoms. The number of hydrogen-bond donors (Lipinski definition) is 1. The molecular formula is C11H14ClNO2. The molecule has 1 aromatic rings. The zero-order valence-electron chi connectivity index (χ0n) is 8.68. The lowest BCUT2D eigenvalue weighted by Gasteiger charge is -2.11. The molecule has 4 heteroatoms. The number of aliphatic carboxylic acids is 1. The van der Waals surface area contributed by atoms with Gasteiger partial charge in [-0.25, -0.2) is 4.79 Å². The van der Waals surface area contributed by atoms with Crippen LogP contribution in [0.5, 0.6) is 0 Å². The monoisotopic (exact) mass is 227 g/mol. The number of nitrogens with zero attached hydrogens (tertiary/aromatic N) is 1. The van der Waals surface area contributed by atoms with Crippen molar-refractivity contribution in [3.05, 3.63) is 35.9 Å². The Kier molecular flexibility index (Phi) is 5.49. The second-order valence-corrected chi connectivity index (χ2v) is 3.16. The summed E-state index contributed by atoms with van der Waals surface area (Å²) in [5, 5.41) is 8.42. The fourth-order valence-electron chi connectivity index (χ4n) is 1.05. The molecule has 1 N–H and O–H groups in total. The fourth-order valence-corrected chi connectivity index (χ4v) is 1.05. The Morgan fingerprint density at radius 3 is 2.20 bits per heavy atom. The van der Waals surface area contributed by atoms with Crippen molar-refractivity contribution in [2.75, 3.05) is 19.0 Å². The molecule has 0 fully saturated rings. The molecule has 0 aliphatic carbocycles. The lowest BCUT2D eigenvalue weighted by molar-refractivity contribution is -0.131. The van der Waals surface area contributed by atoms with Crippen LogP contribution >= 0.6 is 12.4 Å². The zero-order chi connectivity index (χ0) is 10.6. The van der Waals surface area contributed by atoms with Gasteiger partial charge in [-0.15, -0.1) is 12.4 Å². The van der Waals surface area contributed by atoms with Crippen molar-refractivity contribution in [2.24, 2.45) is 0 Å². The summed E-state index contributed by atoms with van der Waals surface area (Å²) in [4.78, 5) is 12.2. The maximum absolute atomic E-state index is 10.3. The van der Waals surface area contributed by atoms with E-state index in [-0.39, 0.29) is 12.4 Å². The molecule has 0 saturated heterocycles. The smallest absolute Gasteiger partial charge is 0.328 e. The number of benzene rings is 1. The van der Waals surface area contributed by atoms with Gasteiger partial charge in [0.1, 0.15) is 0 Å². The Bertz CT molecular complexity index is 344. The van der Waals surface area contributed by atoms with E-state index < -0.39 is 5.97 Å². The molecule has 0 aliphatic heterocycles. The average molecular weight is 228 g/mol. The van der Waals surface area contributed by atoms with E-state index in [1.807, 2.05) is 43.3 Å². The molecule has 0 bridgehead atoms. The highest BCUT2D eigenvalue weighted by molar-refractivity contribution is 5.85. The Hall–Kier alpha value is -1.48. The van der Waals surface area contributed by atoms with Crippen LogP contribution in [0, 0.1) is 0 Å². The molecule has 0 radical (unpaired) electrons. The number of rotatable bonds is 3. The first-order valence-corrected chi connectivity index (χ1v) is 4.28. The largest absolute Gasteiger partial charge is 0.478 e. The number of halogens is 1. The Labute approximate surface area is 95.4 Å². The quantitative estimate of drug-likeness (QED) is 0.806. The Balaban J connectivity index is 0.00000196. The Morgan fingerprint density at radius 1 is 1.27 bits per heavy atom. The van der Waals surface area contributed by atoms with Gasteiger partial charge >= 0.3 is 5.97 Å². The SMILES string of the molecule is CN(C)c1ccc(C=CC(=O)O)cc1.Cl. The summed E-state index contributed by atoms with van der Waals surface area (Å²) in [5.41, 5.74) is 1.98. The van der Waals surface area contributed by atoms with Gasteiger partial charge in [-0.2, -0.15) is 0 Å². The molecule has 0 amide bonds. The lowest BCUT2D eigenvalue weighted by atomic mass is 10.2. The first-order chi connectivity index (χ1) is 6.59. The maximum Gasteiger partial charge on any atom is 0.328 e. The van der Waals surface area contributed by atoms with Crippen LogP contribution in [0.15, 0.2) is 30.3 Å². The van der Waals surface area contributed by atoms with Crippen molar-refractivity contribution >= 4 is 30.1 Å². The third kappa shape index (κ3) is 4.51. The number of anilines is 1. The van der Waals surface area contributed by atoms with E-state index in [9.17, 15) is 4.79 Å². The van der Waals surface area contributed by atoms with Crippen molar-refractivity contribution in [3.63, 3.8) is 0 Å². The van der Waals surface area contributed by atoms with E-state index in [2.05, 4.69) is 0 Å². The molecule has 3 nitrogen and oxygen atoms in total. The summed E-state index contributed by atoms with van der Waals surface area (Å²) < 4.78 is 0. The highest BCUT2D eigenvalue weighted by Gasteiger charge is 1.93. The molecule has 0 aromatic heterocycles. The summed E-state index contributed by atoms with van der Waals surface area (Å²) in [7, 11) is 3.92. The second-order valence-electron chi connectivity index (χ2n) is 3.16. The minimum Gasteiger partial charge on any atom is -0.478 e. The summed E-state index contributed by atoms with van der Waals surface area (Å²) in [6, 6.07) is 7.66. The van der Waals surface area contributed by atoms with Crippen LogP contribution in [-0.4, -0.2) is 25.2 Å².